The highest BCUT2D eigenvalue weighted by Crippen LogP contribution is 2.52. The first kappa shape index (κ1) is 25.7. The number of alkyl halides is 3. The van der Waals surface area contributed by atoms with E-state index >= 15 is 0 Å². The van der Waals surface area contributed by atoms with Gasteiger partial charge in [-0.1, -0.05) is 51.7 Å². The van der Waals surface area contributed by atoms with Crippen LogP contribution in [0.1, 0.15) is 135 Å². The molecule has 1 aromatic carbocycles. The highest BCUT2D eigenvalue weighted by molar-refractivity contribution is 5.51. The number of aliphatic hydroxyl groups excluding tert-OH is 1. The fraction of sp³-hybridized carbons (Fsp3) is 0.633. The first-order chi connectivity index (χ1) is 17.1. The van der Waals surface area contributed by atoms with Gasteiger partial charge in [-0.05, 0) is 73.1 Å². The Labute approximate surface area is 212 Å². The number of ether oxygens (including phenoxy) is 1. The summed E-state index contributed by atoms with van der Waals surface area (Å²) < 4.78 is 45.7. The fourth-order valence-electron chi connectivity index (χ4n) is 7.00. The maximum Gasteiger partial charge on any atom is 0.416 e. The second kappa shape index (κ2) is 9.75. The minimum absolute atomic E-state index is 0.0636. The third-order valence-electron chi connectivity index (χ3n) is 8.75. The van der Waals surface area contributed by atoms with Gasteiger partial charge in [-0.2, -0.15) is 13.2 Å². The van der Waals surface area contributed by atoms with Crippen LogP contribution in [0.4, 0.5) is 13.2 Å². The van der Waals surface area contributed by atoms with Crippen molar-refractivity contribution >= 4 is 0 Å². The van der Waals surface area contributed by atoms with Gasteiger partial charge in [0.1, 0.15) is 6.10 Å². The van der Waals surface area contributed by atoms with E-state index in [-0.39, 0.29) is 17.4 Å². The van der Waals surface area contributed by atoms with Crippen molar-refractivity contribution < 1.29 is 23.0 Å². The van der Waals surface area contributed by atoms with Crippen molar-refractivity contribution in [3.8, 4) is 0 Å². The zero-order valence-corrected chi connectivity index (χ0v) is 21.6. The van der Waals surface area contributed by atoms with Gasteiger partial charge in [0.25, 0.3) is 0 Å². The van der Waals surface area contributed by atoms with E-state index in [9.17, 15) is 18.3 Å². The number of methoxy groups -OCH3 is 1. The summed E-state index contributed by atoms with van der Waals surface area (Å²) >= 11 is 0. The quantitative estimate of drug-likeness (QED) is 0.449. The molecule has 3 nitrogen and oxygen atoms in total. The summed E-state index contributed by atoms with van der Waals surface area (Å²) in [6, 6.07) is 5.02. The van der Waals surface area contributed by atoms with Crippen LogP contribution in [0.2, 0.25) is 0 Å². The van der Waals surface area contributed by atoms with Gasteiger partial charge in [0.2, 0.25) is 0 Å². The van der Waals surface area contributed by atoms with Crippen LogP contribution in [0.3, 0.4) is 0 Å². The molecule has 0 unspecified atom stereocenters. The number of aromatic nitrogens is 1. The highest BCUT2D eigenvalue weighted by Gasteiger charge is 2.41. The molecule has 6 heteroatoms. The molecule has 2 atom stereocenters. The third kappa shape index (κ3) is 4.83. The van der Waals surface area contributed by atoms with Crippen LogP contribution in [-0.2, 0) is 17.3 Å². The van der Waals surface area contributed by atoms with Crippen LogP contribution in [0.25, 0.3) is 0 Å². The van der Waals surface area contributed by atoms with Gasteiger partial charge < -0.3 is 9.84 Å². The largest absolute Gasteiger partial charge is 0.416 e. The molecular formula is C30H38F3NO2. The fourth-order valence-corrected chi connectivity index (χ4v) is 7.00. The SMILES string of the molecule is CO[C@H]1CC(C)(C)Cc2nc(C3CCCC3)c([C@@H](O)c3ccc(C(F)(F)F)cc3)c(C3CCCC3)c21. The summed E-state index contributed by atoms with van der Waals surface area (Å²) in [6.07, 6.45) is 5.05. The van der Waals surface area contributed by atoms with Crippen molar-refractivity contribution in [2.45, 2.75) is 108 Å². The second-order valence-corrected chi connectivity index (χ2v) is 11.9. The van der Waals surface area contributed by atoms with Crippen molar-refractivity contribution in [3.63, 3.8) is 0 Å². The molecule has 1 heterocycles. The predicted molar refractivity (Wildman–Crippen MR) is 134 cm³/mol. The summed E-state index contributed by atoms with van der Waals surface area (Å²) in [6.45, 7) is 4.53. The molecule has 0 amide bonds. The monoisotopic (exact) mass is 501 g/mol. The summed E-state index contributed by atoms with van der Waals surface area (Å²) in [5.74, 6) is 0.598. The summed E-state index contributed by atoms with van der Waals surface area (Å²) in [5, 5.41) is 11.9. The lowest BCUT2D eigenvalue weighted by Crippen LogP contribution is -2.31. The molecule has 1 N–H and O–H groups in total. The Morgan fingerprint density at radius 3 is 2.08 bits per heavy atom. The number of pyridine rings is 1. The summed E-state index contributed by atoms with van der Waals surface area (Å²) in [7, 11) is 1.76. The van der Waals surface area contributed by atoms with Crippen molar-refractivity contribution in [3.05, 3.63) is 63.5 Å². The number of nitrogens with zero attached hydrogens (tertiary/aromatic N) is 1. The number of aliphatic hydroxyl groups is 1. The van der Waals surface area contributed by atoms with E-state index in [1.807, 2.05) is 0 Å². The van der Waals surface area contributed by atoms with Gasteiger partial charge in [-0.25, -0.2) is 0 Å². The van der Waals surface area contributed by atoms with E-state index in [1.165, 1.54) is 17.7 Å². The van der Waals surface area contributed by atoms with Gasteiger partial charge in [-0.3, -0.25) is 4.98 Å². The standard InChI is InChI=1S/C30H38F3NO2/c1-29(2)16-22-25(23(17-29)36-3)24(18-8-4-5-9-18)26(27(34-22)19-10-6-7-11-19)28(35)20-12-14-21(15-13-20)30(31,32)33/h12-15,18-19,23,28,35H,4-11,16-17H2,1-3H3/t23-,28-/m0/s1. The van der Waals surface area contributed by atoms with E-state index in [1.54, 1.807) is 7.11 Å². The summed E-state index contributed by atoms with van der Waals surface area (Å²) in [5.41, 5.74) is 5.13. The Hall–Kier alpha value is -1.92. The Bertz CT molecular complexity index is 1080. The average molecular weight is 502 g/mol. The van der Waals surface area contributed by atoms with Gasteiger partial charge in [0, 0.05) is 29.8 Å². The second-order valence-electron chi connectivity index (χ2n) is 11.9. The molecule has 0 spiro atoms. The summed E-state index contributed by atoms with van der Waals surface area (Å²) in [4.78, 5) is 5.30. The molecule has 3 aliphatic rings. The zero-order chi connectivity index (χ0) is 25.7. The van der Waals surface area contributed by atoms with Crippen molar-refractivity contribution in [1.29, 1.82) is 0 Å². The third-order valence-corrected chi connectivity index (χ3v) is 8.75. The Balaban J connectivity index is 1.72. The molecule has 1 aromatic heterocycles. The molecule has 2 aromatic rings. The Kier molecular flexibility index (Phi) is 6.97. The normalized spacial score (nSPS) is 23.7. The van der Waals surface area contributed by atoms with Crippen LogP contribution in [-0.4, -0.2) is 17.2 Å². The lowest BCUT2D eigenvalue weighted by molar-refractivity contribution is -0.137. The van der Waals surface area contributed by atoms with Crippen molar-refractivity contribution in [1.82, 2.24) is 4.98 Å². The molecule has 3 aliphatic carbocycles. The van der Waals surface area contributed by atoms with Crippen LogP contribution >= 0.6 is 0 Å². The van der Waals surface area contributed by atoms with Crippen LogP contribution < -0.4 is 0 Å². The van der Waals surface area contributed by atoms with Crippen LogP contribution in [0, 0.1) is 5.41 Å². The maximum absolute atomic E-state index is 13.2. The van der Waals surface area contributed by atoms with E-state index in [0.717, 1.165) is 98.9 Å². The van der Waals surface area contributed by atoms with Gasteiger partial charge in [0.15, 0.2) is 0 Å². The van der Waals surface area contributed by atoms with Gasteiger partial charge >= 0.3 is 6.18 Å². The molecule has 0 radical (unpaired) electrons. The highest BCUT2D eigenvalue weighted by atomic mass is 19.4. The molecule has 196 valence electrons. The van der Waals surface area contributed by atoms with E-state index in [4.69, 9.17) is 9.72 Å². The Morgan fingerprint density at radius 1 is 0.944 bits per heavy atom. The van der Waals surface area contributed by atoms with E-state index in [0.29, 0.717) is 11.5 Å². The van der Waals surface area contributed by atoms with E-state index in [2.05, 4.69) is 13.8 Å². The number of halogens is 3. The van der Waals surface area contributed by atoms with Crippen molar-refractivity contribution in [2.24, 2.45) is 5.41 Å². The van der Waals surface area contributed by atoms with Crippen LogP contribution in [0.15, 0.2) is 24.3 Å². The van der Waals surface area contributed by atoms with Crippen LogP contribution in [0.5, 0.6) is 0 Å². The number of fused-ring (bicyclic) bond motifs is 1. The zero-order valence-electron chi connectivity index (χ0n) is 21.6. The number of benzene rings is 1. The van der Waals surface area contributed by atoms with Gasteiger partial charge in [0.05, 0.1) is 17.4 Å². The number of hydrogen-bond donors (Lipinski definition) is 1. The first-order valence-electron chi connectivity index (χ1n) is 13.5. The van der Waals surface area contributed by atoms with Gasteiger partial charge in [-0.15, -0.1) is 0 Å². The Morgan fingerprint density at radius 2 is 1.53 bits per heavy atom. The minimum Gasteiger partial charge on any atom is -0.384 e. The van der Waals surface area contributed by atoms with Crippen molar-refractivity contribution in [2.75, 3.05) is 7.11 Å². The molecule has 0 bridgehead atoms. The molecule has 36 heavy (non-hydrogen) atoms. The smallest absolute Gasteiger partial charge is 0.384 e. The lowest BCUT2D eigenvalue weighted by atomic mass is 9.70. The molecular weight excluding hydrogens is 463 g/mol. The van der Waals surface area contributed by atoms with E-state index < -0.39 is 17.8 Å². The number of hydrogen-bond acceptors (Lipinski definition) is 3. The predicted octanol–water partition coefficient (Wildman–Crippen LogP) is 8.16. The molecule has 0 aliphatic heterocycles. The minimum atomic E-state index is -4.40. The lowest BCUT2D eigenvalue weighted by Gasteiger charge is -2.40. The molecule has 2 saturated carbocycles. The maximum atomic E-state index is 13.2. The first-order valence-corrected chi connectivity index (χ1v) is 13.5. The number of rotatable bonds is 5. The molecule has 0 saturated heterocycles. The topological polar surface area (TPSA) is 42.4 Å². The molecule has 5 rings (SSSR count). The molecule has 2 fully saturated rings. The average Bonchev–Trinajstić information content (AvgIpc) is 3.55.